The molecule has 2 rings (SSSR count). The van der Waals surface area contributed by atoms with Crippen LogP contribution in [-0.2, 0) is 16.1 Å². The van der Waals surface area contributed by atoms with Crippen molar-refractivity contribution in [2.24, 2.45) is 0 Å². The van der Waals surface area contributed by atoms with Gasteiger partial charge in [0.15, 0.2) is 12.3 Å². The lowest BCUT2D eigenvalue weighted by Crippen LogP contribution is -2.36. The third-order valence-corrected chi connectivity index (χ3v) is 3.91. The van der Waals surface area contributed by atoms with E-state index in [9.17, 15) is 14.4 Å². The van der Waals surface area contributed by atoms with Crippen molar-refractivity contribution in [2.45, 2.75) is 20.4 Å². The van der Waals surface area contributed by atoms with Gasteiger partial charge in [-0.25, -0.2) is 9.48 Å². The van der Waals surface area contributed by atoms with Crippen LogP contribution in [-0.4, -0.2) is 52.9 Å². The van der Waals surface area contributed by atoms with Gasteiger partial charge in [-0.1, -0.05) is 30.4 Å². The van der Waals surface area contributed by atoms with Gasteiger partial charge in [0.25, 0.3) is 11.5 Å². The summed E-state index contributed by atoms with van der Waals surface area (Å²) in [5.74, 6) is -0.430. The van der Waals surface area contributed by atoms with Crippen LogP contribution >= 0.6 is 0 Å². The second-order valence-electron chi connectivity index (χ2n) is 6.38. The molecular weight excluding hydrogens is 374 g/mol. The molecule has 0 fully saturated rings. The zero-order valence-electron chi connectivity index (χ0n) is 16.7. The van der Waals surface area contributed by atoms with Crippen LogP contribution in [0.3, 0.4) is 0 Å². The lowest BCUT2D eigenvalue weighted by atomic mass is 10.3. The molecule has 154 valence electrons. The fraction of sp³-hybridized carbons (Fsp3) is 0.333. The summed E-state index contributed by atoms with van der Waals surface area (Å²) in [5.41, 5.74) is 0.408. The minimum Gasteiger partial charge on any atom is -0.492 e. The number of nitrogens with zero attached hydrogens (tertiary/aromatic N) is 3. The molecule has 0 aliphatic carbocycles. The van der Waals surface area contributed by atoms with E-state index < -0.39 is 12.6 Å². The Hall–Kier alpha value is -3.42. The average Bonchev–Trinajstić information content (AvgIpc) is 2.72. The molecule has 0 aliphatic heterocycles. The molecule has 1 aromatic carbocycles. The predicted molar refractivity (Wildman–Crippen MR) is 108 cm³/mol. The van der Waals surface area contributed by atoms with Crippen molar-refractivity contribution < 1.29 is 19.1 Å². The van der Waals surface area contributed by atoms with Crippen molar-refractivity contribution in [3.05, 3.63) is 70.7 Å². The van der Waals surface area contributed by atoms with Gasteiger partial charge < -0.3 is 14.4 Å². The van der Waals surface area contributed by atoms with Crippen LogP contribution in [0.1, 0.15) is 24.3 Å². The van der Waals surface area contributed by atoms with E-state index in [-0.39, 0.29) is 30.3 Å². The Morgan fingerprint density at radius 2 is 1.90 bits per heavy atom. The zero-order valence-corrected chi connectivity index (χ0v) is 16.7. The van der Waals surface area contributed by atoms with Crippen LogP contribution < -0.4 is 10.3 Å². The van der Waals surface area contributed by atoms with E-state index >= 15 is 0 Å². The van der Waals surface area contributed by atoms with Crippen LogP contribution in [0.2, 0.25) is 0 Å². The highest BCUT2D eigenvalue weighted by atomic mass is 16.5. The Labute approximate surface area is 169 Å². The SMILES string of the molecule is C=C(C)CN(CC)C(=O)COC(=O)c1ccc(=O)n(CCOc2ccccc2)n1. The fourth-order valence-corrected chi connectivity index (χ4v) is 2.48. The second kappa shape index (κ2) is 10.8. The molecular formula is C21H25N3O5. The molecule has 1 heterocycles. The van der Waals surface area contributed by atoms with E-state index in [1.54, 1.807) is 12.1 Å². The molecule has 29 heavy (non-hydrogen) atoms. The Morgan fingerprint density at radius 1 is 1.17 bits per heavy atom. The van der Waals surface area contributed by atoms with E-state index in [0.717, 1.165) is 10.3 Å². The van der Waals surface area contributed by atoms with Gasteiger partial charge in [0.1, 0.15) is 12.4 Å². The second-order valence-corrected chi connectivity index (χ2v) is 6.38. The summed E-state index contributed by atoms with van der Waals surface area (Å²) in [7, 11) is 0. The number of para-hydroxylation sites is 1. The number of benzene rings is 1. The number of ether oxygens (including phenoxy) is 2. The largest absolute Gasteiger partial charge is 0.492 e. The Balaban J connectivity index is 1.93. The number of carbonyl (C=O) groups excluding carboxylic acids is 2. The quantitative estimate of drug-likeness (QED) is 0.448. The van der Waals surface area contributed by atoms with E-state index in [4.69, 9.17) is 9.47 Å². The third kappa shape index (κ3) is 6.91. The van der Waals surface area contributed by atoms with Crippen LogP contribution in [0, 0.1) is 0 Å². The highest BCUT2D eigenvalue weighted by molar-refractivity contribution is 5.89. The highest BCUT2D eigenvalue weighted by Gasteiger charge is 2.17. The molecule has 0 atom stereocenters. The molecule has 2 aromatic rings. The Bertz CT molecular complexity index is 908. The first-order valence-corrected chi connectivity index (χ1v) is 9.26. The molecule has 0 aliphatic rings. The zero-order chi connectivity index (χ0) is 21.2. The number of esters is 1. The minimum atomic E-state index is -0.776. The van der Waals surface area contributed by atoms with E-state index in [2.05, 4.69) is 11.7 Å². The van der Waals surface area contributed by atoms with E-state index in [0.29, 0.717) is 18.8 Å². The topological polar surface area (TPSA) is 90.7 Å². The number of aromatic nitrogens is 2. The number of carbonyl (C=O) groups is 2. The first-order valence-electron chi connectivity index (χ1n) is 9.26. The molecule has 8 nitrogen and oxygen atoms in total. The monoisotopic (exact) mass is 399 g/mol. The fourth-order valence-electron chi connectivity index (χ4n) is 2.48. The summed E-state index contributed by atoms with van der Waals surface area (Å²) >= 11 is 0. The van der Waals surface area contributed by atoms with Crippen LogP contribution in [0.25, 0.3) is 0 Å². The molecule has 1 aromatic heterocycles. The van der Waals surface area contributed by atoms with Gasteiger partial charge in [-0.3, -0.25) is 9.59 Å². The maximum absolute atomic E-state index is 12.2. The van der Waals surface area contributed by atoms with Crippen LogP contribution in [0.4, 0.5) is 0 Å². The maximum Gasteiger partial charge on any atom is 0.359 e. The average molecular weight is 399 g/mol. The van der Waals surface area contributed by atoms with Gasteiger partial charge in [-0.2, -0.15) is 5.10 Å². The third-order valence-electron chi connectivity index (χ3n) is 3.91. The summed E-state index contributed by atoms with van der Waals surface area (Å²) in [6, 6.07) is 11.7. The smallest absolute Gasteiger partial charge is 0.359 e. The number of hydrogen-bond donors (Lipinski definition) is 0. The lowest BCUT2D eigenvalue weighted by Gasteiger charge is -2.20. The summed E-state index contributed by atoms with van der Waals surface area (Å²) in [6.07, 6.45) is 0. The Morgan fingerprint density at radius 3 is 2.55 bits per heavy atom. The van der Waals surface area contributed by atoms with Crippen LogP contribution in [0.15, 0.2) is 59.4 Å². The first-order chi connectivity index (χ1) is 13.9. The van der Waals surface area contributed by atoms with Gasteiger partial charge in [-0.05, 0) is 32.0 Å². The standard InChI is InChI=1S/C21H25N3O5/c1-4-23(14-16(2)3)20(26)15-29-21(27)18-10-11-19(25)24(22-18)12-13-28-17-8-6-5-7-9-17/h5-11H,2,4,12-15H2,1,3H3. The van der Waals surface area contributed by atoms with Gasteiger partial charge in [0.2, 0.25) is 0 Å². The van der Waals surface area contributed by atoms with Crippen molar-refractivity contribution >= 4 is 11.9 Å². The molecule has 0 N–H and O–H groups in total. The lowest BCUT2D eigenvalue weighted by molar-refractivity contribution is -0.133. The van der Waals surface area contributed by atoms with Crippen molar-refractivity contribution in [3.63, 3.8) is 0 Å². The number of rotatable bonds is 10. The number of likely N-dealkylation sites (N-methyl/N-ethyl adjacent to an activating group) is 1. The highest BCUT2D eigenvalue weighted by Crippen LogP contribution is 2.07. The molecule has 0 bridgehead atoms. The molecule has 0 radical (unpaired) electrons. The minimum absolute atomic E-state index is 0.0555. The maximum atomic E-state index is 12.2. The predicted octanol–water partition coefficient (Wildman–Crippen LogP) is 1.90. The summed E-state index contributed by atoms with van der Waals surface area (Å²) in [5, 5.41) is 4.01. The van der Waals surface area contributed by atoms with Crippen molar-refractivity contribution in [3.8, 4) is 5.75 Å². The number of hydrogen-bond acceptors (Lipinski definition) is 6. The van der Waals surface area contributed by atoms with Gasteiger partial charge in [-0.15, -0.1) is 0 Å². The van der Waals surface area contributed by atoms with Crippen molar-refractivity contribution in [1.82, 2.24) is 14.7 Å². The molecule has 0 saturated heterocycles. The summed E-state index contributed by atoms with van der Waals surface area (Å²) < 4.78 is 11.7. The molecule has 0 spiro atoms. The van der Waals surface area contributed by atoms with Crippen molar-refractivity contribution in [1.29, 1.82) is 0 Å². The number of amides is 1. The summed E-state index contributed by atoms with van der Waals surface area (Å²) in [6.45, 7) is 8.27. The van der Waals surface area contributed by atoms with Gasteiger partial charge in [0, 0.05) is 19.2 Å². The van der Waals surface area contributed by atoms with Gasteiger partial charge in [0.05, 0.1) is 6.54 Å². The summed E-state index contributed by atoms with van der Waals surface area (Å²) in [4.78, 5) is 37.9. The van der Waals surface area contributed by atoms with E-state index in [1.807, 2.05) is 32.0 Å². The van der Waals surface area contributed by atoms with Crippen LogP contribution in [0.5, 0.6) is 5.75 Å². The normalized spacial score (nSPS) is 10.3. The molecule has 0 unspecified atom stereocenters. The molecule has 8 heteroatoms. The van der Waals surface area contributed by atoms with Crippen molar-refractivity contribution in [2.75, 3.05) is 26.3 Å². The van der Waals surface area contributed by atoms with E-state index in [1.165, 1.54) is 17.0 Å². The first kappa shape index (κ1) is 21.9. The Kier molecular flexibility index (Phi) is 8.14. The molecule has 1 amide bonds. The molecule has 0 saturated carbocycles. The van der Waals surface area contributed by atoms with Gasteiger partial charge >= 0.3 is 5.97 Å².